The van der Waals surface area contributed by atoms with Crippen LogP contribution in [-0.4, -0.2) is 29.5 Å². The Labute approximate surface area is 174 Å². The normalized spacial score (nSPS) is 15.4. The largest absolute Gasteiger partial charge is 0.463 e. The van der Waals surface area contributed by atoms with Crippen molar-refractivity contribution in [2.75, 3.05) is 11.5 Å². The Balaban J connectivity index is 1.70. The van der Waals surface area contributed by atoms with Crippen molar-refractivity contribution in [1.82, 2.24) is 5.32 Å². The first-order valence-electron chi connectivity index (χ1n) is 9.41. The molecular formula is C22H25NO3S2. The molecule has 1 N–H and O–H groups in total. The van der Waals surface area contributed by atoms with E-state index in [-0.39, 0.29) is 24.4 Å². The predicted molar refractivity (Wildman–Crippen MR) is 117 cm³/mol. The quantitative estimate of drug-likeness (QED) is 0.647. The molecule has 0 aliphatic carbocycles. The first-order chi connectivity index (χ1) is 13.5. The minimum absolute atomic E-state index is 0.0986. The van der Waals surface area contributed by atoms with Gasteiger partial charge in [0.1, 0.15) is 0 Å². The highest BCUT2D eigenvalue weighted by Gasteiger charge is 2.22. The van der Waals surface area contributed by atoms with Gasteiger partial charge in [0.25, 0.3) is 5.91 Å². The van der Waals surface area contributed by atoms with Gasteiger partial charge in [0.05, 0.1) is 23.1 Å². The number of hydrogen-bond donors (Lipinski definition) is 1. The Morgan fingerprint density at radius 1 is 1.04 bits per heavy atom. The monoisotopic (exact) mass is 415 g/mol. The van der Waals surface area contributed by atoms with Crippen LogP contribution in [0.2, 0.25) is 0 Å². The number of amides is 1. The maximum Gasteiger partial charge on any atom is 0.308 e. The van der Waals surface area contributed by atoms with Gasteiger partial charge in [-0.2, -0.15) is 0 Å². The highest BCUT2D eigenvalue weighted by molar-refractivity contribution is 8.19. The van der Waals surface area contributed by atoms with Crippen LogP contribution in [0.4, 0.5) is 0 Å². The molecule has 1 atom stereocenters. The van der Waals surface area contributed by atoms with Crippen molar-refractivity contribution in [3.8, 4) is 0 Å². The molecule has 148 valence electrons. The topological polar surface area (TPSA) is 55.4 Å². The molecule has 0 saturated carbocycles. The molecule has 4 nitrogen and oxygen atoms in total. The Morgan fingerprint density at radius 3 is 2.29 bits per heavy atom. The molecule has 1 fully saturated rings. The number of carbonyl (C=O) groups is 2. The number of rotatable bonds is 7. The first-order valence-corrected chi connectivity index (χ1v) is 11.5. The van der Waals surface area contributed by atoms with Crippen molar-refractivity contribution >= 4 is 35.4 Å². The molecule has 1 amide bonds. The van der Waals surface area contributed by atoms with Gasteiger partial charge in [-0.1, -0.05) is 42.5 Å². The van der Waals surface area contributed by atoms with Crippen molar-refractivity contribution in [2.45, 2.75) is 37.0 Å². The van der Waals surface area contributed by atoms with E-state index in [1.807, 2.05) is 92.0 Å². The van der Waals surface area contributed by atoms with Crippen LogP contribution in [0.25, 0.3) is 0 Å². The highest BCUT2D eigenvalue weighted by atomic mass is 32.2. The first kappa shape index (κ1) is 20.8. The molecule has 3 rings (SSSR count). The minimum atomic E-state index is -0.430. The molecule has 1 aliphatic heterocycles. The Kier molecular flexibility index (Phi) is 7.45. The summed E-state index contributed by atoms with van der Waals surface area (Å²) in [6.07, 6.45) is -0.0834. The van der Waals surface area contributed by atoms with Gasteiger partial charge in [0, 0.05) is 17.1 Å². The standard InChI is InChI=1S/C22H25NO3S2/c1-15(2)26-20(24)14-19(16-6-4-3-5-7-16)23-21(25)17-8-10-18(11-9-17)22-27-12-13-28-22/h3-11,15,19,22H,12-14H2,1-2H3,(H,23,25). The number of ether oxygens (including phenoxy) is 1. The fourth-order valence-electron chi connectivity index (χ4n) is 3.00. The van der Waals surface area contributed by atoms with E-state index in [1.54, 1.807) is 0 Å². The summed E-state index contributed by atoms with van der Waals surface area (Å²) in [6, 6.07) is 16.9. The van der Waals surface area contributed by atoms with Crippen molar-refractivity contribution < 1.29 is 14.3 Å². The lowest BCUT2D eigenvalue weighted by Crippen LogP contribution is -2.31. The van der Waals surface area contributed by atoms with Crippen LogP contribution in [0.3, 0.4) is 0 Å². The molecule has 0 radical (unpaired) electrons. The second-order valence-electron chi connectivity index (χ2n) is 6.87. The molecular weight excluding hydrogens is 390 g/mol. The third kappa shape index (κ3) is 5.79. The van der Waals surface area contributed by atoms with Crippen LogP contribution < -0.4 is 5.32 Å². The van der Waals surface area contributed by atoms with Gasteiger partial charge in [-0.05, 0) is 37.1 Å². The Morgan fingerprint density at radius 2 is 1.68 bits per heavy atom. The van der Waals surface area contributed by atoms with Gasteiger partial charge >= 0.3 is 5.97 Å². The van der Waals surface area contributed by atoms with E-state index in [1.165, 1.54) is 17.1 Å². The van der Waals surface area contributed by atoms with E-state index in [0.29, 0.717) is 10.1 Å². The maximum atomic E-state index is 12.8. The summed E-state index contributed by atoms with van der Waals surface area (Å²) in [7, 11) is 0. The van der Waals surface area contributed by atoms with E-state index in [0.717, 1.165) is 5.56 Å². The van der Waals surface area contributed by atoms with Crippen molar-refractivity contribution in [1.29, 1.82) is 0 Å². The lowest BCUT2D eigenvalue weighted by molar-refractivity contribution is -0.147. The lowest BCUT2D eigenvalue weighted by Gasteiger charge is -2.19. The van der Waals surface area contributed by atoms with Crippen molar-refractivity contribution in [3.63, 3.8) is 0 Å². The number of carbonyl (C=O) groups excluding carboxylic acids is 2. The Hall–Kier alpha value is -1.92. The number of hydrogen-bond acceptors (Lipinski definition) is 5. The van der Waals surface area contributed by atoms with Gasteiger partial charge in [0.15, 0.2) is 0 Å². The Bertz CT molecular complexity index is 787. The zero-order chi connectivity index (χ0) is 19.9. The molecule has 28 heavy (non-hydrogen) atoms. The molecule has 0 bridgehead atoms. The molecule has 0 aromatic heterocycles. The summed E-state index contributed by atoms with van der Waals surface area (Å²) in [5.41, 5.74) is 2.71. The summed E-state index contributed by atoms with van der Waals surface area (Å²) in [5.74, 6) is 1.82. The SMILES string of the molecule is CC(C)OC(=O)CC(NC(=O)c1ccc(C2SCCS2)cc1)c1ccccc1. The third-order valence-corrected chi connectivity index (χ3v) is 7.42. The minimum Gasteiger partial charge on any atom is -0.463 e. The summed E-state index contributed by atoms with van der Waals surface area (Å²) in [4.78, 5) is 25.0. The zero-order valence-electron chi connectivity index (χ0n) is 16.1. The van der Waals surface area contributed by atoms with Crippen LogP contribution >= 0.6 is 23.5 Å². The fourth-order valence-corrected chi connectivity index (χ4v) is 5.86. The van der Waals surface area contributed by atoms with Crippen LogP contribution in [0.5, 0.6) is 0 Å². The second kappa shape index (κ2) is 10.0. The number of nitrogens with one attached hydrogen (secondary N) is 1. The second-order valence-corrected chi connectivity index (χ2v) is 9.60. The van der Waals surface area contributed by atoms with Gasteiger partial charge in [-0.25, -0.2) is 0 Å². The number of esters is 1. The molecule has 2 aromatic carbocycles. The maximum absolute atomic E-state index is 12.8. The summed E-state index contributed by atoms with van der Waals surface area (Å²) < 4.78 is 5.73. The van der Waals surface area contributed by atoms with E-state index in [4.69, 9.17) is 4.74 Å². The molecule has 6 heteroatoms. The van der Waals surface area contributed by atoms with Crippen LogP contribution in [0.1, 0.15) is 52.4 Å². The van der Waals surface area contributed by atoms with Gasteiger partial charge in [-0.3, -0.25) is 9.59 Å². The molecule has 1 aliphatic rings. The summed E-state index contributed by atoms with van der Waals surface area (Å²) in [5, 5.41) is 2.99. The molecule has 1 saturated heterocycles. The average molecular weight is 416 g/mol. The molecule has 1 unspecified atom stereocenters. The van der Waals surface area contributed by atoms with Crippen molar-refractivity contribution in [3.05, 3.63) is 71.3 Å². The molecule has 2 aromatic rings. The summed E-state index contributed by atoms with van der Waals surface area (Å²) in [6.45, 7) is 3.63. The van der Waals surface area contributed by atoms with Gasteiger partial charge < -0.3 is 10.1 Å². The van der Waals surface area contributed by atoms with Gasteiger partial charge in [-0.15, -0.1) is 23.5 Å². The van der Waals surface area contributed by atoms with Crippen LogP contribution in [0, 0.1) is 0 Å². The van der Waals surface area contributed by atoms with E-state index in [9.17, 15) is 9.59 Å². The highest BCUT2D eigenvalue weighted by Crippen LogP contribution is 2.45. The van der Waals surface area contributed by atoms with E-state index >= 15 is 0 Å². The van der Waals surface area contributed by atoms with E-state index < -0.39 is 6.04 Å². The fraction of sp³-hybridized carbons (Fsp3) is 0.364. The van der Waals surface area contributed by atoms with Crippen LogP contribution in [-0.2, 0) is 9.53 Å². The number of thioether (sulfide) groups is 2. The van der Waals surface area contributed by atoms with Crippen LogP contribution in [0.15, 0.2) is 54.6 Å². The average Bonchev–Trinajstić information content (AvgIpc) is 3.22. The predicted octanol–water partition coefficient (Wildman–Crippen LogP) is 4.98. The number of benzene rings is 2. The molecule has 0 spiro atoms. The third-order valence-electron chi connectivity index (χ3n) is 4.31. The lowest BCUT2D eigenvalue weighted by atomic mass is 10.0. The van der Waals surface area contributed by atoms with Crippen molar-refractivity contribution in [2.24, 2.45) is 0 Å². The van der Waals surface area contributed by atoms with E-state index in [2.05, 4.69) is 5.32 Å². The smallest absolute Gasteiger partial charge is 0.308 e. The summed E-state index contributed by atoms with van der Waals surface area (Å²) >= 11 is 3.88. The van der Waals surface area contributed by atoms with Gasteiger partial charge in [0.2, 0.25) is 0 Å². The zero-order valence-corrected chi connectivity index (χ0v) is 17.7. The molecule has 1 heterocycles.